The first kappa shape index (κ1) is 23.2. The average molecular weight is 444 g/mol. The van der Waals surface area contributed by atoms with Crippen LogP contribution < -0.4 is 10.2 Å². The van der Waals surface area contributed by atoms with Gasteiger partial charge in [0.15, 0.2) is 0 Å². The van der Waals surface area contributed by atoms with Gasteiger partial charge in [-0.3, -0.25) is 4.79 Å². The Labute approximate surface area is 185 Å². The number of rotatable bonds is 5. The first-order chi connectivity index (χ1) is 14.9. The fraction of sp³-hybridized carbons (Fsp3) is 0.348. The number of fused-ring (bicyclic) bond motifs is 1. The largest absolute Gasteiger partial charge is 0.444 e. The van der Waals surface area contributed by atoms with Crippen LogP contribution in [0.15, 0.2) is 42.7 Å². The van der Waals surface area contributed by atoms with E-state index in [0.29, 0.717) is 11.2 Å². The minimum Gasteiger partial charge on any atom is -0.444 e. The average Bonchev–Trinajstić information content (AvgIpc) is 3.04. The van der Waals surface area contributed by atoms with Crippen molar-refractivity contribution in [2.45, 2.75) is 38.8 Å². The lowest BCUT2D eigenvalue weighted by Crippen LogP contribution is -2.50. The highest BCUT2D eigenvalue weighted by molar-refractivity contribution is 5.99. The number of benzene rings is 2. The van der Waals surface area contributed by atoms with E-state index in [9.17, 15) is 18.4 Å². The number of nitrogens with zero attached hydrogens (tertiary/aromatic N) is 3. The van der Waals surface area contributed by atoms with Crippen LogP contribution in [0.2, 0.25) is 0 Å². The predicted octanol–water partition coefficient (Wildman–Crippen LogP) is 3.95. The molecule has 0 aliphatic heterocycles. The number of hydrogen-bond donors (Lipinski definition) is 1. The van der Waals surface area contributed by atoms with Crippen LogP contribution in [-0.4, -0.2) is 40.2 Å². The fourth-order valence-corrected chi connectivity index (χ4v) is 3.31. The van der Waals surface area contributed by atoms with Crippen molar-refractivity contribution in [3.05, 3.63) is 59.9 Å². The molecule has 2 amide bonds. The maximum absolute atomic E-state index is 13.7. The van der Waals surface area contributed by atoms with Crippen LogP contribution in [0.4, 0.5) is 19.3 Å². The summed E-state index contributed by atoms with van der Waals surface area (Å²) in [6.45, 7) is 5.08. The second kappa shape index (κ2) is 8.94. The zero-order chi connectivity index (χ0) is 23.6. The molecule has 1 heterocycles. The zero-order valence-electron chi connectivity index (χ0n) is 18.6. The molecule has 170 valence electrons. The summed E-state index contributed by atoms with van der Waals surface area (Å²) in [7, 11) is 3.42. The minimum atomic E-state index is -1.12. The van der Waals surface area contributed by atoms with E-state index in [0.717, 1.165) is 23.7 Å². The highest BCUT2D eigenvalue weighted by Crippen LogP contribution is 2.22. The lowest BCUT2D eigenvalue weighted by atomic mass is 10.0. The van der Waals surface area contributed by atoms with Crippen LogP contribution in [-0.2, 0) is 23.0 Å². The third-order valence-corrected chi connectivity index (χ3v) is 4.78. The van der Waals surface area contributed by atoms with Crippen LogP contribution in [0.5, 0.6) is 0 Å². The molecule has 0 fully saturated rings. The van der Waals surface area contributed by atoms with E-state index in [4.69, 9.17) is 4.74 Å². The van der Waals surface area contributed by atoms with Crippen molar-refractivity contribution in [2.24, 2.45) is 7.05 Å². The minimum absolute atomic E-state index is 0.122. The Morgan fingerprint density at radius 1 is 1.16 bits per heavy atom. The molecule has 0 aliphatic rings. The van der Waals surface area contributed by atoms with Gasteiger partial charge in [0.1, 0.15) is 23.3 Å². The first-order valence-electron chi connectivity index (χ1n) is 10.1. The normalized spacial score (nSPS) is 12.5. The van der Waals surface area contributed by atoms with Gasteiger partial charge in [-0.1, -0.05) is 0 Å². The van der Waals surface area contributed by atoms with E-state index in [1.165, 1.54) is 4.90 Å². The van der Waals surface area contributed by atoms with Gasteiger partial charge < -0.3 is 19.5 Å². The molecule has 1 N–H and O–H groups in total. The van der Waals surface area contributed by atoms with E-state index >= 15 is 0 Å². The van der Waals surface area contributed by atoms with Gasteiger partial charge >= 0.3 is 6.09 Å². The molecule has 0 spiro atoms. The summed E-state index contributed by atoms with van der Waals surface area (Å²) in [4.78, 5) is 31.3. The third-order valence-electron chi connectivity index (χ3n) is 4.78. The van der Waals surface area contributed by atoms with Crippen LogP contribution >= 0.6 is 0 Å². The van der Waals surface area contributed by atoms with Crippen molar-refractivity contribution < 1.29 is 23.1 Å². The predicted molar refractivity (Wildman–Crippen MR) is 117 cm³/mol. The molecule has 32 heavy (non-hydrogen) atoms. The molecule has 3 aromatic rings. The molecule has 0 bridgehead atoms. The van der Waals surface area contributed by atoms with E-state index in [1.807, 2.05) is 17.7 Å². The van der Waals surface area contributed by atoms with Gasteiger partial charge in [0.2, 0.25) is 5.91 Å². The Balaban J connectivity index is 1.88. The molecular weight excluding hydrogens is 418 g/mol. The number of carbonyl (C=O) groups excluding carboxylic acids is 2. The number of nitrogens with one attached hydrogen (secondary N) is 1. The smallest absolute Gasteiger partial charge is 0.408 e. The van der Waals surface area contributed by atoms with Crippen LogP contribution in [0, 0.1) is 11.6 Å². The molecule has 2 aromatic carbocycles. The Hall–Kier alpha value is -3.49. The van der Waals surface area contributed by atoms with Crippen molar-refractivity contribution >= 4 is 28.7 Å². The number of carbonyl (C=O) groups is 2. The molecule has 1 atom stereocenters. The molecule has 0 saturated carbocycles. The Kier molecular flexibility index (Phi) is 6.47. The number of aryl methyl sites for hydroxylation is 1. The number of alkyl carbamates (subject to hydrolysis) is 1. The van der Waals surface area contributed by atoms with Crippen LogP contribution in [0.3, 0.4) is 0 Å². The topological polar surface area (TPSA) is 76.5 Å². The zero-order valence-corrected chi connectivity index (χ0v) is 18.6. The molecule has 0 saturated heterocycles. The first-order valence-corrected chi connectivity index (χ1v) is 10.1. The van der Waals surface area contributed by atoms with Gasteiger partial charge in [0.25, 0.3) is 0 Å². The molecule has 1 aromatic heterocycles. The maximum Gasteiger partial charge on any atom is 0.408 e. The number of imidazole rings is 1. The van der Waals surface area contributed by atoms with Crippen LogP contribution in [0.25, 0.3) is 11.0 Å². The molecule has 9 heteroatoms. The quantitative estimate of drug-likeness (QED) is 0.647. The van der Waals surface area contributed by atoms with Crippen molar-refractivity contribution in [2.75, 3.05) is 11.9 Å². The molecular formula is C23H26F2N4O3. The van der Waals surface area contributed by atoms with Gasteiger partial charge in [0.05, 0.1) is 17.4 Å². The van der Waals surface area contributed by atoms with Crippen LogP contribution in [0.1, 0.15) is 26.3 Å². The summed E-state index contributed by atoms with van der Waals surface area (Å²) < 4.78 is 34.5. The summed E-state index contributed by atoms with van der Waals surface area (Å²) in [6.07, 6.45) is 0.742. The summed E-state index contributed by atoms with van der Waals surface area (Å²) in [6, 6.07) is 7.22. The Bertz CT molecular complexity index is 1130. The summed E-state index contributed by atoms with van der Waals surface area (Å²) in [5.74, 6) is -2.01. The van der Waals surface area contributed by atoms with Gasteiger partial charge in [-0.15, -0.1) is 0 Å². The highest BCUT2D eigenvalue weighted by Gasteiger charge is 2.28. The van der Waals surface area contributed by atoms with Gasteiger partial charge in [-0.05, 0) is 56.7 Å². The highest BCUT2D eigenvalue weighted by atomic mass is 19.1. The van der Waals surface area contributed by atoms with E-state index in [-0.39, 0.29) is 12.0 Å². The van der Waals surface area contributed by atoms with E-state index in [1.54, 1.807) is 46.3 Å². The third kappa shape index (κ3) is 5.60. The van der Waals surface area contributed by atoms with Crippen molar-refractivity contribution in [1.82, 2.24) is 14.9 Å². The van der Waals surface area contributed by atoms with Gasteiger partial charge in [0, 0.05) is 32.3 Å². The second-order valence-corrected chi connectivity index (χ2v) is 8.61. The number of likely N-dealkylation sites (N-methyl/N-ethyl adjacent to an activating group) is 1. The van der Waals surface area contributed by atoms with Crippen molar-refractivity contribution in [1.29, 1.82) is 0 Å². The molecule has 3 rings (SSSR count). The molecule has 7 nitrogen and oxygen atoms in total. The van der Waals surface area contributed by atoms with E-state index in [2.05, 4.69) is 10.3 Å². The number of anilines is 1. The second-order valence-electron chi connectivity index (χ2n) is 8.61. The van der Waals surface area contributed by atoms with Gasteiger partial charge in [-0.2, -0.15) is 0 Å². The monoisotopic (exact) mass is 444 g/mol. The number of aromatic nitrogens is 2. The maximum atomic E-state index is 13.7. The summed E-state index contributed by atoms with van der Waals surface area (Å²) >= 11 is 0. The molecule has 0 unspecified atom stereocenters. The lowest BCUT2D eigenvalue weighted by Gasteiger charge is -2.27. The standard InChI is InChI=1S/C23H26F2N4O3/c1-23(2,3)32-22(31)27-19(10-14-8-15(24)11-16(25)9-14)21(30)29(5)17-6-7-20-18(12-17)26-13-28(20)4/h6-9,11-13,19H,10H2,1-5H3,(H,27,31)/t19-/m0/s1. The number of halogens is 2. The number of amides is 2. The summed E-state index contributed by atoms with van der Waals surface area (Å²) in [5, 5.41) is 2.54. The van der Waals surface area contributed by atoms with Crippen molar-refractivity contribution in [3.8, 4) is 0 Å². The van der Waals surface area contributed by atoms with Gasteiger partial charge in [-0.25, -0.2) is 18.6 Å². The fourth-order valence-electron chi connectivity index (χ4n) is 3.31. The molecule has 0 radical (unpaired) electrons. The van der Waals surface area contributed by atoms with Crippen molar-refractivity contribution in [3.63, 3.8) is 0 Å². The summed E-state index contributed by atoms with van der Waals surface area (Å²) in [5.41, 5.74) is 1.60. The SMILES string of the molecule is CN(C(=O)[C@H](Cc1cc(F)cc(F)c1)NC(=O)OC(C)(C)C)c1ccc2c(c1)ncn2C. The Morgan fingerprint density at radius 3 is 2.44 bits per heavy atom. The lowest BCUT2D eigenvalue weighted by molar-refractivity contribution is -0.120. The number of ether oxygens (including phenoxy) is 1. The number of hydrogen-bond acceptors (Lipinski definition) is 4. The molecule has 0 aliphatic carbocycles. The Morgan fingerprint density at radius 2 is 1.81 bits per heavy atom. The van der Waals surface area contributed by atoms with E-state index < -0.39 is 35.3 Å².